The van der Waals surface area contributed by atoms with Gasteiger partial charge in [-0.15, -0.1) is 13.2 Å². The van der Waals surface area contributed by atoms with Crippen LogP contribution in [0, 0.1) is 0 Å². The molecule has 0 spiro atoms. The van der Waals surface area contributed by atoms with Crippen LogP contribution < -0.4 is 15.0 Å². The molecule has 2 atom stereocenters. The van der Waals surface area contributed by atoms with Crippen molar-refractivity contribution in [2.75, 3.05) is 23.3 Å². The minimum absolute atomic E-state index is 0.0456. The first kappa shape index (κ1) is 27.6. The Bertz CT molecular complexity index is 1110. The molecule has 1 N–H and O–H groups in total. The molecule has 2 heterocycles. The van der Waals surface area contributed by atoms with Crippen molar-refractivity contribution in [1.29, 1.82) is 0 Å². The number of carbonyl (C=O) groups excluding carboxylic acids is 2. The zero-order valence-corrected chi connectivity index (χ0v) is 22.1. The Hall–Kier alpha value is -3.02. The standard InChI is InChI=1S/C24H28BrF3N4O4/c1-14-13-32(22(34)36-23(3,4)5)15(2)12-31(14)20-9-6-16(11-29-20)21(33)30-17-7-8-18(25)19(10-17)35-24(26,27)28/h6-11,14-15H,12-13H2,1-5H3,(H,30,33)/t14-,15+/m1/s1. The number of piperazine rings is 1. The van der Waals surface area contributed by atoms with Gasteiger partial charge in [0.2, 0.25) is 0 Å². The number of pyridine rings is 1. The Balaban J connectivity index is 1.66. The zero-order valence-electron chi connectivity index (χ0n) is 20.5. The summed E-state index contributed by atoms with van der Waals surface area (Å²) in [5, 5.41) is 2.54. The van der Waals surface area contributed by atoms with E-state index in [0.717, 1.165) is 6.07 Å². The van der Waals surface area contributed by atoms with E-state index in [-0.39, 0.29) is 33.9 Å². The number of hydrogen-bond acceptors (Lipinski definition) is 6. The van der Waals surface area contributed by atoms with E-state index in [1.54, 1.807) is 17.0 Å². The molecule has 12 heteroatoms. The molecule has 2 amide bonds. The fourth-order valence-electron chi connectivity index (χ4n) is 3.70. The van der Waals surface area contributed by atoms with Crippen LogP contribution in [-0.2, 0) is 4.74 Å². The smallest absolute Gasteiger partial charge is 0.444 e. The van der Waals surface area contributed by atoms with Crippen molar-refractivity contribution in [2.24, 2.45) is 0 Å². The summed E-state index contributed by atoms with van der Waals surface area (Å²) in [6.45, 7) is 10.3. The van der Waals surface area contributed by atoms with Gasteiger partial charge in [0.05, 0.1) is 10.0 Å². The van der Waals surface area contributed by atoms with Crippen LogP contribution in [0.1, 0.15) is 45.0 Å². The van der Waals surface area contributed by atoms with Gasteiger partial charge in [-0.05, 0) is 74.8 Å². The number of halogens is 4. The molecule has 1 aromatic carbocycles. The van der Waals surface area contributed by atoms with E-state index in [4.69, 9.17) is 4.74 Å². The summed E-state index contributed by atoms with van der Waals surface area (Å²) in [6.07, 6.45) is -3.83. The first-order valence-electron chi connectivity index (χ1n) is 11.2. The molecular formula is C24H28BrF3N4O4. The second-order valence-electron chi connectivity index (χ2n) is 9.54. The van der Waals surface area contributed by atoms with Crippen LogP contribution in [0.5, 0.6) is 5.75 Å². The van der Waals surface area contributed by atoms with Crippen molar-refractivity contribution >= 4 is 39.4 Å². The molecule has 196 valence electrons. The number of benzene rings is 1. The molecule has 8 nitrogen and oxygen atoms in total. The van der Waals surface area contributed by atoms with E-state index < -0.39 is 23.6 Å². The number of aromatic nitrogens is 1. The minimum atomic E-state index is -4.86. The predicted molar refractivity (Wildman–Crippen MR) is 132 cm³/mol. The fraction of sp³-hybridized carbons (Fsp3) is 0.458. The van der Waals surface area contributed by atoms with E-state index in [1.165, 1.54) is 18.3 Å². The van der Waals surface area contributed by atoms with Gasteiger partial charge in [-0.1, -0.05) is 0 Å². The third-order valence-corrected chi connectivity index (χ3v) is 5.99. The number of nitrogens with one attached hydrogen (secondary N) is 1. The summed E-state index contributed by atoms with van der Waals surface area (Å²) in [7, 11) is 0. The summed E-state index contributed by atoms with van der Waals surface area (Å²) in [5.74, 6) is -0.368. The molecule has 0 aliphatic carbocycles. The number of alkyl halides is 3. The van der Waals surface area contributed by atoms with E-state index in [2.05, 4.69) is 31.0 Å². The maximum Gasteiger partial charge on any atom is 0.573 e. The maximum atomic E-state index is 12.6. The van der Waals surface area contributed by atoms with Crippen molar-refractivity contribution in [1.82, 2.24) is 9.88 Å². The summed E-state index contributed by atoms with van der Waals surface area (Å²) in [5.41, 5.74) is -0.224. The van der Waals surface area contributed by atoms with Gasteiger partial charge in [-0.3, -0.25) is 4.79 Å². The van der Waals surface area contributed by atoms with Crippen LogP contribution in [0.25, 0.3) is 0 Å². The van der Waals surface area contributed by atoms with Crippen LogP contribution in [0.3, 0.4) is 0 Å². The molecule has 2 aromatic rings. The van der Waals surface area contributed by atoms with Gasteiger partial charge in [0.15, 0.2) is 0 Å². The van der Waals surface area contributed by atoms with Gasteiger partial charge >= 0.3 is 12.5 Å². The SMILES string of the molecule is C[C@@H]1CN(C(=O)OC(C)(C)C)[C@@H](C)CN1c1ccc(C(=O)Nc2ccc(Br)c(OC(F)(F)F)c2)cn1. The number of amides is 2. The Morgan fingerprint density at radius 3 is 2.36 bits per heavy atom. The lowest BCUT2D eigenvalue weighted by Crippen LogP contribution is -2.59. The largest absolute Gasteiger partial charge is 0.573 e. The van der Waals surface area contributed by atoms with Crippen LogP contribution in [0.4, 0.5) is 29.5 Å². The van der Waals surface area contributed by atoms with Crippen LogP contribution in [-0.4, -0.2) is 59.0 Å². The maximum absolute atomic E-state index is 12.6. The molecule has 0 saturated carbocycles. The Morgan fingerprint density at radius 2 is 1.78 bits per heavy atom. The molecule has 0 unspecified atom stereocenters. The van der Waals surface area contributed by atoms with Crippen LogP contribution in [0.2, 0.25) is 0 Å². The van der Waals surface area contributed by atoms with Gasteiger partial charge in [-0.25, -0.2) is 9.78 Å². The number of nitrogens with zero attached hydrogens (tertiary/aromatic N) is 3. The molecule has 1 aromatic heterocycles. The normalized spacial score (nSPS) is 18.6. The van der Waals surface area contributed by atoms with Gasteiger partial charge < -0.3 is 24.6 Å². The molecule has 1 fully saturated rings. The second kappa shape index (κ2) is 10.5. The zero-order chi connectivity index (χ0) is 26.8. The monoisotopic (exact) mass is 572 g/mol. The molecule has 36 heavy (non-hydrogen) atoms. The van der Waals surface area contributed by atoms with E-state index in [9.17, 15) is 22.8 Å². The van der Waals surface area contributed by atoms with Gasteiger partial charge in [0.1, 0.15) is 17.2 Å². The van der Waals surface area contributed by atoms with Gasteiger partial charge in [0.25, 0.3) is 5.91 Å². The number of rotatable bonds is 4. The average molecular weight is 573 g/mol. The van der Waals surface area contributed by atoms with Crippen molar-refractivity contribution in [3.63, 3.8) is 0 Å². The molecule has 1 saturated heterocycles. The second-order valence-corrected chi connectivity index (χ2v) is 10.4. The summed E-state index contributed by atoms with van der Waals surface area (Å²) >= 11 is 2.99. The number of hydrogen-bond donors (Lipinski definition) is 1. The van der Waals surface area contributed by atoms with E-state index >= 15 is 0 Å². The average Bonchev–Trinajstić information content (AvgIpc) is 2.75. The molecular weight excluding hydrogens is 545 g/mol. The first-order chi connectivity index (χ1) is 16.6. The van der Waals surface area contributed by atoms with Crippen molar-refractivity contribution in [3.05, 3.63) is 46.6 Å². The first-order valence-corrected chi connectivity index (χ1v) is 12.0. The summed E-state index contributed by atoms with van der Waals surface area (Å²) < 4.78 is 47.3. The number of carbonyl (C=O) groups is 2. The predicted octanol–water partition coefficient (Wildman–Crippen LogP) is 5.83. The number of ether oxygens (including phenoxy) is 2. The summed E-state index contributed by atoms with van der Waals surface area (Å²) in [6, 6.07) is 6.98. The highest BCUT2D eigenvalue weighted by molar-refractivity contribution is 9.10. The lowest BCUT2D eigenvalue weighted by atomic mass is 10.1. The Kier molecular flexibility index (Phi) is 8.07. The summed E-state index contributed by atoms with van der Waals surface area (Å²) in [4.78, 5) is 33.3. The molecule has 3 rings (SSSR count). The van der Waals surface area contributed by atoms with Crippen molar-refractivity contribution < 1.29 is 32.2 Å². The fourth-order valence-corrected chi connectivity index (χ4v) is 4.03. The lowest BCUT2D eigenvalue weighted by molar-refractivity contribution is -0.274. The third-order valence-electron chi connectivity index (χ3n) is 5.33. The Labute approximate surface area is 215 Å². The third kappa shape index (κ3) is 7.25. The minimum Gasteiger partial charge on any atom is -0.444 e. The van der Waals surface area contributed by atoms with Crippen molar-refractivity contribution in [2.45, 2.75) is 58.7 Å². The van der Waals surface area contributed by atoms with E-state index in [0.29, 0.717) is 18.9 Å². The molecule has 0 bridgehead atoms. The van der Waals surface area contributed by atoms with Crippen LogP contribution in [0.15, 0.2) is 41.0 Å². The highest BCUT2D eigenvalue weighted by atomic mass is 79.9. The van der Waals surface area contributed by atoms with Crippen LogP contribution >= 0.6 is 15.9 Å². The number of anilines is 2. The van der Waals surface area contributed by atoms with Gasteiger partial charge in [0, 0.05) is 43.1 Å². The highest BCUT2D eigenvalue weighted by Gasteiger charge is 2.35. The molecule has 0 radical (unpaired) electrons. The van der Waals surface area contributed by atoms with Crippen molar-refractivity contribution in [3.8, 4) is 5.75 Å². The Morgan fingerprint density at radius 1 is 1.08 bits per heavy atom. The molecule has 1 aliphatic rings. The highest BCUT2D eigenvalue weighted by Crippen LogP contribution is 2.33. The topological polar surface area (TPSA) is 84.0 Å². The molecule has 1 aliphatic heterocycles. The quantitative estimate of drug-likeness (QED) is 0.496. The van der Waals surface area contributed by atoms with E-state index in [1.807, 2.05) is 39.5 Å². The van der Waals surface area contributed by atoms with Gasteiger partial charge in [-0.2, -0.15) is 0 Å². The lowest BCUT2D eigenvalue weighted by Gasteiger charge is -2.44.